The van der Waals surface area contributed by atoms with Crippen LogP contribution in [-0.2, 0) is 0 Å². The molecule has 0 aliphatic carbocycles. The third-order valence-electron chi connectivity index (χ3n) is 3.40. The molecule has 3 heteroatoms. The van der Waals surface area contributed by atoms with Crippen LogP contribution in [0.25, 0.3) is 16.5 Å². The number of hydrogen-bond donors (Lipinski definition) is 1. The largest absolute Gasteiger partial charge is 0.313 e. The maximum atomic E-state index is 3.48. The van der Waals surface area contributed by atoms with E-state index >= 15 is 0 Å². The molecule has 0 unspecified atom stereocenters. The van der Waals surface area contributed by atoms with Crippen LogP contribution in [0.5, 0.6) is 0 Å². The monoisotopic (exact) mass is 363 g/mol. The summed E-state index contributed by atoms with van der Waals surface area (Å²) < 4.78 is 1.12. The Morgan fingerprint density at radius 1 is 1.19 bits per heavy atom. The number of halogens is 1. The van der Waals surface area contributed by atoms with E-state index in [1.54, 1.807) is 0 Å². The first-order valence-electron chi connectivity index (χ1n) is 7.37. The smallest absolute Gasteiger partial charge is 0.0349 e. The molecule has 1 N–H and O–H groups in total. The van der Waals surface area contributed by atoms with Crippen LogP contribution in [0.2, 0.25) is 0 Å². The first kappa shape index (κ1) is 16.5. The van der Waals surface area contributed by atoms with Crippen LogP contribution in [0, 0.1) is 5.92 Å². The van der Waals surface area contributed by atoms with Crippen molar-refractivity contribution in [2.75, 3.05) is 13.1 Å². The highest BCUT2D eigenvalue weighted by Gasteiger charge is 2.06. The van der Waals surface area contributed by atoms with Gasteiger partial charge in [0.1, 0.15) is 0 Å². The molecule has 2 rings (SSSR count). The van der Waals surface area contributed by atoms with Crippen molar-refractivity contribution in [2.24, 2.45) is 5.92 Å². The molecule has 21 heavy (non-hydrogen) atoms. The fourth-order valence-electron chi connectivity index (χ4n) is 2.07. The Bertz CT molecular complexity index is 596. The van der Waals surface area contributed by atoms with Gasteiger partial charge in [0.2, 0.25) is 0 Å². The molecular formula is C18H22BrNS. The fraction of sp³-hybridized carbons (Fsp3) is 0.333. The molecule has 0 radical (unpaired) electrons. The minimum absolute atomic E-state index is 0.572. The summed E-state index contributed by atoms with van der Waals surface area (Å²) in [5, 5.41) is 3.43. The van der Waals surface area contributed by atoms with Crippen LogP contribution < -0.4 is 5.32 Å². The Morgan fingerprint density at radius 2 is 1.90 bits per heavy atom. The predicted molar refractivity (Wildman–Crippen MR) is 98.8 cm³/mol. The summed E-state index contributed by atoms with van der Waals surface area (Å²) in [6, 6.07) is 12.9. The second kappa shape index (κ2) is 7.92. The average Bonchev–Trinajstić information content (AvgIpc) is 2.92. The van der Waals surface area contributed by atoms with Crippen LogP contribution in [-0.4, -0.2) is 13.1 Å². The number of nitrogens with one attached hydrogen (secondary N) is 1. The van der Waals surface area contributed by atoms with Crippen LogP contribution >= 0.6 is 27.3 Å². The van der Waals surface area contributed by atoms with Gasteiger partial charge in [0.15, 0.2) is 0 Å². The van der Waals surface area contributed by atoms with E-state index in [0.717, 1.165) is 17.6 Å². The molecule has 0 spiro atoms. The zero-order valence-corrected chi connectivity index (χ0v) is 15.2. The Hall–Kier alpha value is -0.900. The van der Waals surface area contributed by atoms with Crippen molar-refractivity contribution in [3.8, 4) is 10.4 Å². The molecule has 0 aliphatic rings. The Labute approximate surface area is 140 Å². The van der Waals surface area contributed by atoms with Crippen molar-refractivity contribution in [3.05, 3.63) is 51.3 Å². The zero-order valence-electron chi connectivity index (χ0n) is 12.8. The van der Waals surface area contributed by atoms with E-state index in [1.807, 2.05) is 11.3 Å². The molecule has 0 amide bonds. The van der Waals surface area contributed by atoms with Gasteiger partial charge >= 0.3 is 0 Å². The van der Waals surface area contributed by atoms with Gasteiger partial charge < -0.3 is 5.32 Å². The number of benzene rings is 1. The minimum atomic E-state index is 0.572. The van der Waals surface area contributed by atoms with Crippen LogP contribution in [0.1, 0.15) is 25.6 Å². The van der Waals surface area contributed by atoms with Crippen molar-refractivity contribution >= 4 is 33.3 Å². The van der Waals surface area contributed by atoms with Gasteiger partial charge in [-0.05, 0) is 48.4 Å². The highest BCUT2D eigenvalue weighted by Crippen LogP contribution is 2.30. The maximum Gasteiger partial charge on any atom is 0.0349 e. The second-order valence-corrected chi connectivity index (χ2v) is 7.39. The Morgan fingerprint density at radius 3 is 2.52 bits per heavy atom. The molecular weight excluding hydrogens is 342 g/mol. The zero-order chi connectivity index (χ0) is 15.2. The first-order chi connectivity index (χ1) is 10.1. The van der Waals surface area contributed by atoms with Gasteiger partial charge in [-0.3, -0.25) is 0 Å². The van der Waals surface area contributed by atoms with Crippen molar-refractivity contribution < 1.29 is 0 Å². The number of hydrogen-bond acceptors (Lipinski definition) is 2. The molecule has 1 nitrogen and oxygen atoms in total. The van der Waals surface area contributed by atoms with Crippen molar-refractivity contribution in [3.63, 3.8) is 0 Å². The molecule has 112 valence electrons. The highest BCUT2D eigenvalue weighted by molar-refractivity contribution is 9.10. The third kappa shape index (κ3) is 4.80. The quantitative estimate of drug-likeness (QED) is 0.680. The summed E-state index contributed by atoms with van der Waals surface area (Å²) in [5.41, 5.74) is 2.74. The topological polar surface area (TPSA) is 12.0 Å². The Balaban J connectivity index is 2.20. The number of thiophene rings is 1. The Kier molecular flexibility index (Phi) is 6.22. The number of likely N-dealkylation sites (N-methyl/N-ethyl adjacent to an activating group) is 1. The van der Waals surface area contributed by atoms with Gasteiger partial charge in [-0.25, -0.2) is 0 Å². The van der Waals surface area contributed by atoms with Crippen LogP contribution in [0.15, 0.2) is 46.4 Å². The third-order valence-corrected chi connectivity index (χ3v) is 5.01. The van der Waals surface area contributed by atoms with E-state index in [2.05, 4.69) is 84.5 Å². The summed E-state index contributed by atoms with van der Waals surface area (Å²) in [6.07, 6.45) is 2.33. The van der Waals surface area contributed by atoms with E-state index in [4.69, 9.17) is 0 Å². The van der Waals surface area contributed by atoms with Gasteiger partial charge in [-0.2, -0.15) is 0 Å². The van der Waals surface area contributed by atoms with E-state index < -0.39 is 0 Å². The lowest BCUT2D eigenvalue weighted by Crippen LogP contribution is -2.18. The van der Waals surface area contributed by atoms with Gasteiger partial charge in [-0.15, -0.1) is 11.3 Å². The summed E-state index contributed by atoms with van der Waals surface area (Å²) in [4.78, 5) is 2.65. The first-order valence-corrected chi connectivity index (χ1v) is 8.98. The molecule has 1 aromatic carbocycles. The summed E-state index contributed by atoms with van der Waals surface area (Å²) in [7, 11) is 0. The van der Waals surface area contributed by atoms with Crippen molar-refractivity contribution in [1.82, 2.24) is 5.32 Å². The van der Waals surface area contributed by atoms with E-state index in [0.29, 0.717) is 5.92 Å². The maximum absolute atomic E-state index is 3.48. The van der Waals surface area contributed by atoms with Gasteiger partial charge in [0.25, 0.3) is 0 Å². The molecule has 0 fully saturated rings. The normalized spacial score (nSPS) is 12.1. The van der Waals surface area contributed by atoms with E-state index in [1.165, 1.54) is 20.9 Å². The second-order valence-electron chi connectivity index (χ2n) is 5.36. The van der Waals surface area contributed by atoms with E-state index in [9.17, 15) is 0 Å². The molecule has 1 aromatic heterocycles. The minimum Gasteiger partial charge on any atom is -0.313 e. The molecule has 0 saturated heterocycles. The molecule has 2 aromatic rings. The molecule has 1 heterocycles. The molecule has 0 atom stereocenters. The van der Waals surface area contributed by atoms with Crippen molar-refractivity contribution in [2.45, 2.75) is 20.8 Å². The van der Waals surface area contributed by atoms with Gasteiger partial charge in [-0.1, -0.05) is 54.4 Å². The van der Waals surface area contributed by atoms with Gasteiger partial charge in [0, 0.05) is 20.8 Å². The van der Waals surface area contributed by atoms with Crippen LogP contribution in [0.4, 0.5) is 0 Å². The summed E-state index contributed by atoms with van der Waals surface area (Å²) in [6.45, 7) is 8.64. The fourth-order valence-corrected chi connectivity index (χ4v) is 3.33. The average molecular weight is 364 g/mol. The van der Waals surface area contributed by atoms with E-state index in [-0.39, 0.29) is 0 Å². The number of rotatable bonds is 6. The van der Waals surface area contributed by atoms with Gasteiger partial charge in [0.05, 0.1) is 0 Å². The lowest BCUT2D eigenvalue weighted by atomic mass is 10.0. The van der Waals surface area contributed by atoms with Crippen molar-refractivity contribution in [1.29, 1.82) is 0 Å². The standard InChI is InChI=1S/C18H22BrNS/c1-4-20-12-15(13(2)3)11-17-9-10-18(21-17)14-5-7-16(19)8-6-14/h5-11,13,20H,4,12H2,1-3H3. The SMILES string of the molecule is CCNCC(=Cc1ccc(-c2ccc(Br)cc2)s1)C(C)C. The molecule has 0 bridgehead atoms. The highest BCUT2D eigenvalue weighted by atomic mass is 79.9. The summed E-state index contributed by atoms with van der Waals surface area (Å²) in [5.74, 6) is 0.572. The molecule has 0 aliphatic heterocycles. The molecule has 0 saturated carbocycles. The lowest BCUT2D eigenvalue weighted by molar-refractivity contribution is 0.683. The lowest BCUT2D eigenvalue weighted by Gasteiger charge is -2.11. The summed E-state index contributed by atoms with van der Waals surface area (Å²) >= 11 is 5.33. The van der Waals surface area contributed by atoms with Crippen LogP contribution in [0.3, 0.4) is 0 Å². The predicted octanol–water partition coefficient (Wildman–Crippen LogP) is 5.83.